The third-order valence-electron chi connectivity index (χ3n) is 7.85. The number of nitrogens with two attached hydrogens (primary N) is 1. The van der Waals surface area contributed by atoms with Gasteiger partial charge in [0.05, 0.1) is 25.2 Å². The number of nitrogens with zero attached hydrogens (tertiary/aromatic N) is 2. The van der Waals surface area contributed by atoms with Crippen LogP contribution in [0.1, 0.15) is 74.2 Å². The Bertz CT molecular complexity index is 1660. The Morgan fingerprint density at radius 3 is 1.96 bits per heavy atom. The van der Waals surface area contributed by atoms with Crippen LogP contribution in [0.2, 0.25) is 0 Å². The number of carbonyl (C=O) groups is 4. The van der Waals surface area contributed by atoms with Gasteiger partial charge in [-0.1, -0.05) is 96.2 Å². The number of aromatic nitrogens is 2. The number of amides is 4. The van der Waals surface area contributed by atoms with Crippen molar-refractivity contribution in [3.05, 3.63) is 119 Å². The van der Waals surface area contributed by atoms with E-state index < -0.39 is 53.3 Å². The summed E-state index contributed by atoms with van der Waals surface area (Å²) in [5.41, 5.74) is 5.92. The van der Waals surface area contributed by atoms with E-state index in [1.165, 1.54) is 0 Å². The number of esters is 1. The van der Waals surface area contributed by atoms with Crippen LogP contribution in [0.3, 0.4) is 0 Å². The summed E-state index contributed by atoms with van der Waals surface area (Å²) in [5.74, 6) is -1.33. The molecule has 1 aliphatic rings. The number of benzene rings is 3. The minimum Gasteiger partial charge on any atom is -0.464 e. The molecule has 5 N–H and O–H groups in total. The molecule has 0 spiro atoms. The highest BCUT2D eigenvalue weighted by Crippen LogP contribution is 2.37. The SMILES string of the molecule is CC(C)(C)OC[C@H](OC(N)=O)c1noc([C@H](CC(=O)NC(c2ccccc2)(c2ccccc2)c2ccccc2)NC(=O)NC2CCOC2=O)n1. The van der Waals surface area contributed by atoms with Crippen LogP contribution in [0.5, 0.6) is 0 Å². The summed E-state index contributed by atoms with van der Waals surface area (Å²) in [5, 5.41) is 12.5. The van der Waals surface area contributed by atoms with E-state index in [1.807, 2.05) is 112 Å². The monoisotopic (exact) mass is 684 g/mol. The predicted molar refractivity (Wildman–Crippen MR) is 179 cm³/mol. The van der Waals surface area contributed by atoms with E-state index in [0.717, 1.165) is 16.7 Å². The maximum atomic E-state index is 14.3. The normalized spacial score (nSPS) is 15.7. The molecule has 3 atom stereocenters. The first-order valence-corrected chi connectivity index (χ1v) is 16.1. The average Bonchev–Trinajstić information content (AvgIpc) is 3.75. The number of cyclic esters (lactones) is 1. The number of rotatable bonds is 13. The molecule has 0 aliphatic carbocycles. The highest BCUT2D eigenvalue weighted by Gasteiger charge is 2.39. The zero-order valence-corrected chi connectivity index (χ0v) is 28.0. The summed E-state index contributed by atoms with van der Waals surface area (Å²) in [6.07, 6.45) is -2.33. The van der Waals surface area contributed by atoms with Gasteiger partial charge < -0.3 is 40.4 Å². The van der Waals surface area contributed by atoms with Crippen LogP contribution in [0, 0.1) is 0 Å². The quantitative estimate of drug-likeness (QED) is 0.117. The second-order valence-electron chi connectivity index (χ2n) is 12.6. The molecule has 14 nitrogen and oxygen atoms in total. The van der Waals surface area contributed by atoms with E-state index in [0.29, 0.717) is 0 Å². The van der Waals surface area contributed by atoms with Crippen LogP contribution in [-0.2, 0) is 29.3 Å². The molecule has 4 aromatic rings. The van der Waals surface area contributed by atoms with Crippen LogP contribution in [-0.4, -0.2) is 59.0 Å². The van der Waals surface area contributed by atoms with Gasteiger partial charge in [-0.25, -0.2) is 14.4 Å². The summed E-state index contributed by atoms with van der Waals surface area (Å²) in [4.78, 5) is 55.7. The molecule has 1 fully saturated rings. The van der Waals surface area contributed by atoms with Gasteiger partial charge in [-0.2, -0.15) is 4.98 Å². The van der Waals surface area contributed by atoms with Gasteiger partial charge >= 0.3 is 18.1 Å². The first kappa shape index (κ1) is 35.5. The summed E-state index contributed by atoms with van der Waals surface area (Å²) >= 11 is 0. The fourth-order valence-electron chi connectivity index (χ4n) is 5.56. The molecule has 1 aliphatic heterocycles. The highest BCUT2D eigenvalue weighted by atomic mass is 16.6. The Balaban J connectivity index is 1.49. The van der Waals surface area contributed by atoms with Gasteiger partial charge in [0.15, 0.2) is 6.10 Å². The largest absolute Gasteiger partial charge is 0.464 e. The Morgan fingerprint density at radius 2 is 1.48 bits per heavy atom. The number of hydrogen-bond acceptors (Lipinski definition) is 10. The maximum absolute atomic E-state index is 14.3. The maximum Gasteiger partial charge on any atom is 0.405 e. The van der Waals surface area contributed by atoms with Crippen LogP contribution in [0.4, 0.5) is 9.59 Å². The molecule has 5 rings (SSSR count). The minimum absolute atomic E-state index is 0.0951. The van der Waals surface area contributed by atoms with Crippen molar-refractivity contribution in [3.63, 3.8) is 0 Å². The van der Waals surface area contributed by atoms with E-state index >= 15 is 0 Å². The minimum atomic E-state index is -1.20. The van der Waals surface area contributed by atoms with Crippen LogP contribution in [0.25, 0.3) is 0 Å². The van der Waals surface area contributed by atoms with Crippen molar-refractivity contribution < 1.29 is 37.9 Å². The van der Waals surface area contributed by atoms with E-state index in [9.17, 15) is 19.2 Å². The molecule has 0 radical (unpaired) electrons. The van der Waals surface area contributed by atoms with Gasteiger partial charge in [0, 0.05) is 6.42 Å². The Kier molecular flexibility index (Phi) is 11.1. The molecule has 1 aromatic heterocycles. The van der Waals surface area contributed by atoms with E-state index in [4.69, 9.17) is 24.5 Å². The van der Waals surface area contributed by atoms with E-state index in [-0.39, 0.29) is 37.8 Å². The lowest BCUT2D eigenvalue weighted by Crippen LogP contribution is -2.50. The molecule has 0 saturated carbocycles. The zero-order valence-electron chi connectivity index (χ0n) is 28.0. The second kappa shape index (κ2) is 15.6. The number of primary amides is 1. The standard InChI is InChI=1S/C36H40N6O8/c1-35(2,3)48-22-28(49-33(37)45)30-40-31(50-42-30)27(39-34(46)38-26-19-20-47-32(26)44)21-29(43)41-36(23-13-7-4-8-14-23,24-15-9-5-10-16-24)25-17-11-6-12-18-25/h4-18,26-28H,19-22H2,1-3H3,(H2,37,45)(H,41,43)(H2,38,39,46)/t26?,27-,28-/m0/s1. The highest BCUT2D eigenvalue weighted by molar-refractivity contribution is 5.85. The van der Waals surface area contributed by atoms with Crippen molar-refractivity contribution >= 4 is 24.0 Å². The molecular formula is C36H40N6O8. The molecule has 0 bridgehead atoms. The van der Waals surface area contributed by atoms with Gasteiger partial charge in [-0.3, -0.25) is 4.79 Å². The molecule has 14 heteroatoms. The summed E-state index contributed by atoms with van der Waals surface area (Å²) in [6.45, 7) is 5.46. The van der Waals surface area contributed by atoms with Crippen LogP contribution >= 0.6 is 0 Å². The molecule has 2 heterocycles. The molecule has 1 unspecified atom stereocenters. The zero-order chi connectivity index (χ0) is 35.7. The van der Waals surface area contributed by atoms with Gasteiger partial charge in [-0.05, 0) is 37.5 Å². The topological polar surface area (TPSA) is 197 Å². The van der Waals surface area contributed by atoms with Gasteiger partial charge in [-0.15, -0.1) is 0 Å². The Morgan fingerprint density at radius 1 is 0.920 bits per heavy atom. The fraction of sp³-hybridized carbons (Fsp3) is 0.333. The van der Waals surface area contributed by atoms with E-state index in [1.54, 1.807) is 0 Å². The first-order valence-electron chi connectivity index (χ1n) is 16.1. The lowest BCUT2D eigenvalue weighted by atomic mass is 9.77. The first-order chi connectivity index (χ1) is 23.9. The number of urea groups is 1. The summed E-state index contributed by atoms with van der Waals surface area (Å²) < 4.78 is 21.5. The van der Waals surface area contributed by atoms with Gasteiger partial charge in [0.1, 0.15) is 17.6 Å². The predicted octanol–water partition coefficient (Wildman–Crippen LogP) is 4.18. The lowest BCUT2D eigenvalue weighted by molar-refractivity contribution is -0.139. The van der Waals surface area contributed by atoms with E-state index in [2.05, 4.69) is 26.1 Å². The third kappa shape index (κ3) is 8.82. The Labute approximate surface area is 289 Å². The number of nitrogens with one attached hydrogen (secondary N) is 3. The number of hydrogen-bond donors (Lipinski definition) is 4. The molecule has 50 heavy (non-hydrogen) atoms. The average molecular weight is 685 g/mol. The lowest BCUT2D eigenvalue weighted by Gasteiger charge is -2.37. The van der Waals surface area contributed by atoms with Crippen molar-refractivity contribution in [2.24, 2.45) is 5.73 Å². The fourth-order valence-corrected chi connectivity index (χ4v) is 5.56. The van der Waals surface area contributed by atoms with Crippen molar-refractivity contribution in [3.8, 4) is 0 Å². The summed E-state index contributed by atoms with van der Waals surface area (Å²) in [6, 6.07) is 25.7. The van der Waals surface area contributed by atoms with Crippen molar-refractivity contribution in [2.45, 2.75) is 62.9 Å². The van der Waals surface area contributed by atoms with Crippen molar-refractivity contribution in [1.29, 1.82) is 0 Å². The molecule has 1 saturated heterocycles. The smallest absolute Gasteiger partial charge is 0.405 e. The van der Waals surface area contributed by atoms with Crippen molar-refractivity contribution in [2.75, 3.05) is 13.2 Å². The number of carbonyl (C=O) groups excluding carboxylic acids is 4. The molecule has 3 aromatic carbocycles. The second-order valence-corrected chi connectivity index (χ2v) is 12.6. The summed E-state index contributed by atoms with van der Waals surface area (Å²) in [7, 11) is 0. The van der Waals surface area contributed by atoms with Crippen LogP contribution in [0.15, 0.2) is 95.5 Å². The van der Waals surface area contributed by atoms with Gasteiger partial charge in [0.2, 0.25) is 17.6 Å². The molecule has 4 amide bonds. The molecular weight excluding hydrogens is 644 g/mol. The Hall–Kier alpha value is -5.76. The molecule has 262 valence electrons. The van der Waals surface area contributed by atoms with Gasteiger partial charge in [0.25, 0.3) is 0 Å². The number of ether oxygens (including phenoxy) is 3. The van der Waals surface area contributed by atoms with Crippen LogP contribution < -0.4 is 21.7 Å². The van der Waals surface area contributed by atoms with Crippen molar-refractivity contribution in [1.82, 2.24) is 26.1 Å². The third-order valence-corrected chi connectivity index (χ3v) is 7.85.